The minimum absolute atomic E-state index is 0. The van der Waals surface area contributed by atoms with Gasteiger partial charge in [0.2, 0.25) is 0 Å². The smallest absolute Gasteiger partial charge is 0.0402 e. The Morgan fingerprint density at radius 3 is 0.750 bits per heavy atom. The van der Waals surface area contributed by atoms with Crippen LogP contribution in [0.5, 0.6) is 0 Å². The first kappa shape index (κ1) is 63.3. The summed E-state index contributed by atoms with van der Waals surface area (Å²) in [6.45, 7) is 3.86. The summed E-state index contributed by atoms with van der Waals surface area (Å²) in [5.41, 5.74) is 0. The maximum Gasteiger partial charge on any atom is 0.0402 e. The van der Waals surface area contributed by atoms with Gasteiger partial charge in [0.05, 0.1) is 0 Å². The molecule has 1 radical (unpaired) electrons. The predicted octanol–water partition coefficient (Wildman–Crippen LogP) is 1.68. The van der Waals surface area contributed by atoms with E-state index in [9.17, 15) is 0 Å². The van der Waals surface area contributed by atoms with Crippen molar-refractivity contribution in [2.75, 3.05) is 13.2 Å². The second-order valence-corrected chi connectivity index (χ2v) is 0.632. The average Bonchev–Trinajstić information content (AvgIpc) is 1.39. The van der Waals surface area contributed by atoms with Gasteiger partial charge in [-0.2, -0.15) is 0 Å². The van der Waals surface area contributed by atoms with E-state index >= 15 is 0 Å². The van der Waals surface area contributed by atoms with Crippen LogP contribution in [0.3, 0.4) is 0 Å². The number of rotatable bonds is 0. The number of aliphatic hydroxyl groups is 2. The zero-order chi connectivity index (χ0) is 5.41. The third kappa shape index (κ3) is 283. The quantitative estimate of drug-likeness (QED) is 0.661. The largest absolute Gasteiger partial charge is 0.397 e. The molecule has 0 saturated heterocycles. The van der Waals surface area contributed by atoms with Crippen molar-refractivity contribution < 1.29 is 50.5 Å². The van der Waals surface area contributed by atoms with Crippen LogP contribution in [0.15, 0.2) is 0 Å². The molecule has 8 heteroatoms. The van der Waals surface area contributed by atoms with Crippen molar-refractivity contribution in [3.05, 3.63) is 0 Å². The molecule has 81 valence electrons. The molecule has 0 aromatic heterocycles. The third-order valence-corrected chi connectivity index (χ3v) is 0. The van der Waals surface area contributed by atoms with Crippen molar-refractivity contribution in [2.24, 2.45) is 0 Å². The molecule has 0 saturated carbocycles. The first-order valence-corrected chi connectivity index (χ1v) is 2.05. The summed E-state index contributed by atoms with van der Waals surface area (Å²) in [4.78, 5) is 0. The Morgan fingerprint density at radius 2 is 0.750 bits per heavy atom. The van der Waals surface area contributed by atoms with E-state index in [1.807, 2.05) is 0 Å². The second-order valence-electron chi connectivity index (χ2n) is 0.632. The van der Waals surface area contributed by atoms with E-state index in [1.165, 1.54) is 0 Å². The van der Waals surface area contributed by atoms with Crippen LogP contribution in [0.4, 0.5) is 0 Å². The first-order chi connectivity index (χ1) is 2.83. The SMILES string of the molecule is CCO.CCO.Cl.Cl.Cl.Cl.[Ti].[V]. The van der Waals surface area contributed by atoms with Gasteiger partial charge in [0, 0.05) is 53.5 Å². The van der Waals surface area contributed by atoms with Gasteiger partial charge in [-0.3, -0.25) is 0 Å². The Bertz CT molecular complexity index is 27.0. The van der Waals surface area contributed by atoms with Crippen LogP contribution in [-0.2, 0) is 40.3 Å². The molecule has 0 aliphatic heterocycles. The molecule has 0 fully saturated rings. The molecule has 0 amide bonds. The Balaban J connectivity index is -0.00000000296. The maximum absolute atomic E-state index is 7.57. The number of hydrogen-bond acceptors (Lipinski definition) is 2. The van der Waals surface area contributed by atoms with Gasteiger partial charge in [0.1, 0.15) is 0 Å². The summed E-state index contributed by atoms with van der Waals surface area (Å²) >= 11 is 0. The van der Waals surface area contributed by atoms with E-state index in [0.29, 0.717) is 0 Å². The molecule has 2 N–H and O–H groups in total. The van der Waals surface area contributed by atoms with Crippen LogP contribution in [-0.4, -0.2) is 23.4 Å². The topological polar surface area (TPSA) is 40.5 Å². The molecule has 0 unspecified atom stereocenters. The average molecular weight is 337 g/mol. The molecule has 0 bridgehead atoms. The van der Waals surface area contributed by atoms with Crippen LogP contribution in [0.2, 0.25) is 0 Å². The fourth-order valence-electron chi connectivity index (χ4n) is 0. The van der Waals surface area contributed by atoms with Crippen molar-refractivity contribution in [2.45, 2.75) is 13.8 Å². The van der Waals surface area contributed by atoms with Gasteiger partial charge in [-0.15, -0.1) is 49.6 Å². The van der Waals surface area contributed by atoms with Gasteiger partial charge in [-0.25, -0.2) is 0 Å². The monoisotopic (exact) mass is 335 g/mol. The normalized spacial score (nSPS) is 3.00. The zero-order valence-corrected chi connectivity index (χ0v) is 13.1. The van der Waals surface area contributed by atoms with Crippen LogP contribution >= 0.6 is 49.6 Å². The van der Waals surface area contributed by atoms with Gasteiger partial charge < -0.3 is 10.2 Å². The fourth-order valence-corrected chi connectivity index (χ4v) is 0. The van der Waals surface area contributed by atoms with Crippen molar-refractivity contribution in [3.63, 3.8) is 0 Å². The van der Waals surface area contributed by atoms with E-state index in [2.05, 4.69) is 0 Å². The summed E-state index contributed by atoms with van der Waals surface area (Å²) in [7, 11) is 0. The Hall–Kier alpha value is 2.38. The molecule has 0 aromatic rings. The number of halogens is 4. The van der Waals surface area contributed by atoms with Gasteiger partial charge in [0.25, 0.3) is 0 Å². The molecular weight excluding hydrogens is 321 g/mol. The summed E-state index contributed by atoms with van der Waals surface area (Å²) in [6.07, 6.45) is 0. The number of hydrogen-bond donors (Lipinski definition) is 2. The molecule has 12 heavy (non-hydrogen) atoms. The molecule has 0 rings (SSSR count). The molecular formula is C4H16Cl4O2TiV. The van der Waals surface area contributed by atoms with E-state index in [1.54, 1.807) is 13.8 Å². The van der Waals surface area contributed by atoms with Crippen molar-refractivity contribution in [1.29, 1.82) is 0 Å². The van der Waals surface area contributed by atoms with Gasteiger partial charge in [-0.05, 0) is 13.8 Å². The van der Waals surface area contributed by atoms with E-state index in [4.69, 9.17) is 10.2 Å². The molecule has 0 atom stereocenters. The van der Waals surface area contributed by atoms with Crippen molar-refractivity contribution >= 4 is 49.6 Å². The standard InChI is InChI=1S/2C2H6O.4ClH.Ti.V/c2*1-2-3;;;;;;/h2*3H,2H2,1H3;4*1H;;. The van der Waals surface area contributed by atoms with Gasteiger partial charge in [0.15, 0.2) is 0 Å². The molecule has 2 nitrogen and oxygen atoms in total. The molecule has 0 aromatic carbocycles. The fraction of sp³-hybridized carbons (Fsp3) is 1.00. The van der Waals surface area contributed by atoms with E-state index in [-0.39, 0.29) is 103 Å². The minimum atomic E-state index is 0. The molecule has 0 spiro atoms. The summed E-state index contributed by atoms with van der Waals surface area (Å²) < 4.78 is 0. The maximum atomic E-state index is 7.57. The summed E-state index contributed by atoms with van der Waals surface area (Å²) in [6, 6.07) is 0. The summed E-state index contributed by atoms with van der Waals surface area (Å²) in [5.74, 6) is 0. The zero-order valence-electron chi connectivity index (χ0n) is 6.89. The van der Waals surface area contributed by atoms with Crippen LogP contribution in [0.1, 0.15) is 13.8 Å². The van der Waals surface area contributed by atoms with Crippen LogP contribution in [0, 0.1) is 0 Å². The van der Waals surface area contributed by atoms with Gasteiger partial charge in [-0.1, -0.05) is 0 Å². The first-order valence-electron chi connectivity index (χ1n) is 2.05. The van der Waals surface area contributed by atoms with Gasteiger partial charge >= 0.3 is 0 Å². The summed E-state index contributed by atoms with van der Waals surface area (Å²) in [5, 5.41) is 15.1. The van der Waals surface area contributed by atoms with E-state index in [0.717, 1.165) is 0 Å². The molecule has 0 heterocycles. The second kappa shape index (κ2) is 107. The van der Waals surface area contributed by atoms with Crippen LogP contribution in [0.25, 0.3) is 0 Å². The van der Waals surface area contributed by atoms with E-state index < -0.39 is 0 Å². The van der Waals surface area contributed by atoms with Crippen molar-refractivity contribution in [3.8, 4) is 0 Å². The predicted molar refractivity (Wildman–Crippen MR) is 54.5 cm³/mol. The third-order valence-electron chi connectivity index (χ3n) is 0. The number of aliphatic hydroxyl groups excluding tert-OH is 2. The molecule has 0 aliphatic carbocycles. The van der Waals surface area contributed by atoms with Crippen molar-refractivity contribution in [1.82, 2.24) is 0 Å². The van der Waals surface area contributed by atoms with Crippen LogP contribution < -0.4 is 0 Å². The minimum Gasteiger partial charge on any atom is -0.397 e. The Kier molecular flexibility index (Phi) is 564. The molecule has 0 aliphatic rings. The Morgan fingerprint density at radius 1 is 0.750 bits per heavy atom. The Labute approximate surface area is 126 Å².